The van der Waals surface area contributed by atoms with Crippen molar-refractivity contribution >= 4 is 0 Å². The van der Waals surface area contributed by atoms with Gasteiger partial charge in [0.2, 0.25) is 0 Å². The lowest BCUT2D eigenvalue weighted by atomic mass is 9.90. The van der Waals surface area contributed by atoms with E-state index in [1.165, 1.54) is 29.5 Å². The average molecular weight is 205 g/mol. The molecule has 2 N–H and O–H groups in total. The monoisotopic (exact) mass is 205 g/mol. The maximum atomic E-state index is 6.24. The van der Waals surface area contributed by atoms with Crippen LogP contribution in [0.5, 0.6) is 0 Å². The van der Waals surface area contributed by atoms with E-state index >= 15 is 0 Å². The molecule has 1 rings (SSSR count). The fourth-order valence-corrected chi connectivity index (χ4v) is 1.94. The maximum Gasteiger partial charge on any atom is 0.0320 e. The van der Waals surface area contributed by atoms with Gasteiger partial charge < -0.3 is 5.73 Å². The number of hydrogen-bond acceptors (Lipinski definition) is 1. The Kier molecular flexibility index (Phi) is 4.34. The second-order valence-electron chi connectivity index (χ2n) is 4.64. The maximum absolute atomic E-state index is 6.24. The zero-order valence-corrected chi connectivity index (χ0v) is 10.4. The Morgan fingerprint density at radius 3 is 2.40 bits per heavy atom. The van der Waals surface area contributed by atoms with E-state index in [1.54, 1.807) is 0 Å². The highest BCUT2D eigenvalue weighted by molar-refractivity contribution is 5.31. The summed E-state index contributed by atoms with van der Waals surface area (Å²) in [6, 6.07) is 6.75. The van der Waals surface area contributed by atoms with Crippen molar-refractivity contribution in [2.45, 2.75) is 46.6 Å². The first-order valence-electron chi connectivity index (χ1n) is 5.89. The molecule has 2 unspecified atom stereocenters. The minimum absolute atomic E-state index is 0.184. The molecule has 0 bridgehead atoms. The number of aryl methyl sites for hydroxylation is 2. The molecule has 1 aromatic rings. The summed E-state index contributed by atoms with van der Waals surface area (Å²) in [4.78, 5) is 0. The average Bonchev–Trinajstić information content (AvgIpc) is 2.21. The van der Waals surface area contributed by atoms with Crippen LogP contribution in [0.3, 0.4) is 0 Å². The molecule has 0 aliphatic rings. The predicted octanol–water partition coefficient (Wildman–Crippen LogP) is 3.74. The molecule has 2 atom stereocenters. The minimum atomic E-state index is 0.184. The molecule has 1 nitrogen and oxygen atoms in total. The third kappa shape index (κ3) is 3.07. The van der Waals surface area contributed by atoms with Crippen LogP contribution in [0, 0.1) is 19.8 Å². The summed E-state index contributed by atoms with van der Waals surface area (Å²) in [5, 5.41) is 0. The Hall–Kier alpha value is -0.820. The van der Waals surface area contributed by atoms with Crippen molar-refractivity contribution in [2.24, 2.45) is 11.7 Å². The minimum Gasteiger partial charge on any atom is -0.324 e. The third-order valence-electron chi connectivity index (χ3n) is 3.27. The lowest BCUT2D eigenvalue weighted by molar-refractivity contribution is 0.433. The Bertz CT molecular complexity index is 317. The topological polar surface area (TPSA) is 26.0 Å². The third-order valence-corrected chi connectivity index (χ3v) is 3.27. The molecule has 0 fully saturated rings. The number of hydrogen-bond donors (Lipinski definition) is 1. The van der Waals surface area contributed by atoms with Gasteiger partial charge in [-0.05, 0) is 42.9 Å². The molecule has 1 aromatic carbocycles. The van der Waals surface area contributed by atoms with Gasteiger partial charge in [-0.1, -0.05) is 38.5 Å². The molecule has 1 heteroatoms. The molecular weight excluding hydrogens is 182 g/mol. The van der Waals surface area contributed by atoms with E-state index in [4.69, 9.17) is 5.73 Å². The SMILES string of the molecule is CCCC(C)C(N)c1ccc(C)c(C)c1. The van der Waals surface area contributed by atoms with Gasteiger partial charge in [0.15, 0.2) is 0 Å². The molecule has 0 saturated heterocycles. The summed E-state index contributed by atoms with van der Waals surface area (Å²) >= 11 is 0. The molecule has 15 heavy (non-hydrogen) atoms. The Balaban J connectivity index is 2.81. The molecule has 0 aliphatic heterocycles. The van der Waals surface area contributed by atoms with E-state index in [0.29, 0.717) is 5.92 Å². The Morgan fingerprint density at radius 1 is 1.20 bits per heavy atom. The molecule has 0 amide bonds. The van der Waals surface area contributed by atoms with E-state index < -0.39 is 0 Å². The standard InChI is InChI=1S/C14H23N/c1-5-6-11(3)14(15)13-8-7-10(2)12(4)9-13/h7-9,11,14H,5-6,15H2,1-4H3. The zero-order valence-electron chi connectivity index (χ0n) is 10.4. The fraction of sp³-hybridized carbons (Fsp3) is 0.571. The Morgan fingerprint density at radius 2 is 1.87 bits per heavy atom. The molecule has 0 spiro atoms. The first kappa shape index (κ1) is 12.3. The van der Waals surface area contributed by atoms with Crippen molar-refractivity contribution in [3.63, 3.8) is 0 Å². The van der Waals surface area contributed by atoms with Gasteiger partial charge in [0, 0.05) is 6.04 Å². The van der Waals surface area contributed by atoms with Crippen LogP contribution in [-0.4, -0.2) is 0 Å². The van der Waals surface area contributed by atoms with Crippen molar-refractivity contribution in [3.05, 3.63) is 34.9 Å². The summed E-state index contributed by atoms with van der Waals surface area (Å²) in [5.74, 6) is 0.567. The van der Waals surface area contributed by atoms with Crippen molar-refractivity contribution in [2.75, 3.05) is 0 Å². The van der Waals surface area contributed by atoms with Gasteiger partial charge >= 0.3 is 0 Å². The molecule has 0 radical (unpaired) electrons. The number of nitrogens with two attached hydrogens (primary N) is 1. The number of benzene rings is 1. The van der Waals surface area contributed by atoms with Crippen LogP contribution in [0.15, 0.2) is 18.2 Å². The van der Waals surface area contributed by atoms with E-state index in [9.17, 15) is 0 Å². The van der Waals surface area contributed by atoms with E-state index in [-0.39, 0.29) is 6.04 Å². The summed E-state index contributed by atoms with van der Waals surface area (Å²) in [6.45, 7) is 8.74. The van der Waals surface area contributed by atoms with Gasteiger partial charge in [-0.3, -0.25) is 0 Å². The van der Waals surface area contributed by atoms with Crippen LogP contribution < -0.4 is 5.73 Å². The van der Waals surface area contributed by atoms with Crippen molar-refractivity contribution in [1.82, 2.24) is 0 Å². The molecule has 84 valence electrons. The molecule has 0 aliphatic carbocycles. The molecular formula is C14H23N. The molecule has 0 heterocycles. The Labute approximate surface area is 93.7 Å². The predicted molar refractivity (Wildman–Crippen MR) is 66.9 cm³/mol. The van der Waals surface area contributed by atoms with Gasteiger partial charge in [-0.15, -0.1) is 0 Å². The quantitative estimate of drug-likeness (QED) is 0.796. The summed E-state index contributed by atoms with van der Waals surface area (Å²) in [5.41, 5.74) is 10.2. The van der Waals surface area contributed by atoms with Gasteiger partial charge in [0.25, 0.3) is 0 Å². The van der Waals surface area contributed by atoms with E-state index in [1.807, 2.05) is 0 Å². The second kappa shape index (κ2) is 5.32. The fourth-order valence-electron chi connectivity index (χ4n) is 1.94. The van der Waals surface area contributed by atoms with E-state index in [0.717, 1.165) is 0 Å². The van der Waals surface area contributed by atoms with Crippen LogP contribution >= 0.6 is 0 Å². The summed E-state index contributed by atoms with van der Waals surface area (Å²) in [6.07, 6.45) is 2.41. The first-order valence-corrected chi connectivity index (χ1v) is 5.89. The van der Waals surface area contributed by atoms with Gasteiger partial charge in [-0.25, -0.2) is 0 Å². The normalized spacial score (nSPS) is 15.0. The second-order valence-corrected chi connectivity index (χ2v) is 4.64. The van der Waals surface area contributed by atoms with E-state index in [2.05, 4.69) is 45.9 Å². The van der Waals surface area contributed by atoms with Crippen LogP contribution in [0.2, 0.25) is 0 Å². The van der Waals surface area contributed by atoms with Crippen LogP contribution in [-0.2, 0) is 0 Å². The molecule has 0 aromatic heterocycles. The summed E-state index contributed by atoms with van der Waals surface area (Å²) in [7, 11) is 0. The molecule has 0 saturated carbocycles. The summed E-state index contributed by atoms with van der Waals surface area (Å²) < 4.78 is 0. The number of rotatable bonds is 4. The smallest absolute Gasteiger partial charge is 0.0320 e. The van der Waals surface area contributed by atoms with Crippen molar-refractivity contribution in [1.29, 1.82) is 0 Å². The van der Waals surface area contributed by atoms with Crippen LogP contribution in [0.25, 0.3) is 0 Å². The van der Waals surface area contributed by atoms with Crippen LogP contribution in [0.1, 0.15) is 49.4 Å². The van der Waals surface area contributed by atoms with Gasteiger partial charge in [0.05, 0.1) is 0 Å². The van der Waals surface area contributed by atoms with Crippen LogP contribution in [0.4, 0.5) is 0 Å². The van der Waals surface area contributed by atoms with Gasteiger partial charge in [0.1, 0.15) is 0 Å². The van der Waals surface area contributed by atoms with Crippen molar-refractivity contribution in [3.8, 4) is 0 Å². The van der Waals surface area contributed by atoms with Crippen molar-refractivity contribution < 1.29 is 0 Å². The zero-order chi connectivity index (χ0) is 11.4. The highest BCUT2D eigenvalue weighted by Crippen LogP contribution is 2.24. The van der Waals surface area contributed by atoms with Gasteiger partial charge in [-0.2, -0.15) is 0 Å². The largest absolute Gasteiger partial charge is 0.324 e. The highest BCUT2D eigenvalue weighted by Gasteiger charge is 2.14. The first-order chi connectivity index (χ1) is 7.06. The lowest BCUT2D eigenvalue weighted by Gasteiger charge is -2.20. The lowest BCUT2D eigenvalue weighted by Crippen LogP contribution is -2.19. The highest BCUT2D eigenvalue weighted by atomic mass is 14.6.